The van der Waals surface area contributed by atoms with Crippen LogP contribution in [-0.2, 0) is 0 Å². The van der Waals surface area contributed by atoms with Crippen molar-refractivity contribution in [3.8, 4) is 23.0 Å². The van der Waals surface area contributed by atoms with Gasteiger partial charge in [0, 0.05) is 11.1 Å². The maximum Gasteiger partial charge on any atom is 0.184 e. The fraction of sp³-hybridized carbons (Fsp3) is 0. The summed E-state index contributed by atoms with van der Waals surface area (Å²) >= 11 is 9.02. The Kier molecular flexibility index (Phi) is 11.1. The predicted octanol–water partition coefficient (Wildman–Crippen LogP) is -0.295. The molecule has 13 heteroatoms. The fourth-order valence-electron chi connectivity index (χ4n) is 1.64. The SMILES string of the molecule is NC(=S)N/N=C/c1cccc(O)c1O.NC(=S)N/N=C/c1cccc(O)c1O.O. The van der Waals surface area contributed by atoms with Gasteiger partial charge >= 0.3 is 0 Å². The zero-order valence-electron chi connectivity index (χ0n) is 14.8. The van der Waals surface area contributed by atoms with Crippen molar-refractivity contribution in [1.29, 1.82) is 0 Å². The standard InChI is InChI=1S/2C8H9N3O2S.H2O/c2*9-8(14)11-10-4-5-2-1-3-6(12)7(5)13;/h2*1-4,12-13H,(H3,9,11,14);1H2/b2*10-4+;. The number of aromatic hydroxyl groups is 4. The number of para-hydroxylation sites is 2. The van der Waals surface area contributed by atoms with Gasteiger partial charge in [0.2, 0.25) is 0 Å². The van der Waals surface area contributed by atoms with Gasteiger partial charge in [-0.2, -0.15) is 10.2 Å². The summed E-state index contributed by atoms with van der Waals surface area (Å²) in [6.45, 7) is 0. The third-order valence-corrected chi connectivity index (χ3v) is 3.03. The van der Waals surface area contributed by atoms with Crippen LogP contribution in [0.25, 0.3) is 0 Å². The molecular weight excluding hydrogens is 420 g/mol. The average Bonchev–Trinajstić information content (AvgIpc) is 2.62. The number of benzene rings is 2. The van der Waals surface area contributed by atoms with E-state index < -0.39 is 0 Å². The number of hydrazone groups is 2. The first kappa shape index (κ1) is 25.3. The van der Waals surface area contributed by atoms with Crippen LogP contribution in [0.1, 0.15) is 11.1 Å². The van der Waals surface area contributed by atoms with Crippen molar-refractivity contribution in [3.63, 3.8) is 0 Å². The Labute approximate surface area is 176 Å². The first-order valence-electron chi connectivity index (χ1n) is 7.41. The molecule has 29 heavy (non-hydrogen) atoms. The van der Waals surface area contributed by atoms with Gasteiger partial charge in [-0.05, 0) is 48.7 Å². The molecule has 0 aliphatic rings. The highest BCUT2D eigenvalue weighted by Crippen LogP contribution is 2.27. The molecule has 0 heterocycles. The second kappa shape index (κ2) is 12.7. The summed E-state index contributed by atoms with van der Waals surface area (Å²) in [5.41, 5.74) is 15.6. The molecule has 0 fully saturated rings. The van der Waals surface area contributed by atoms with Crippen LogP contribution in [-0.4, -0.2) is 48.6 Å². The Bertz CT molecular complexity index is 834. The Hall–Kier alpha value is -3.68. The second-order valence-corrected chi connectivity index (χ2v) is 5.78. The molecule has 12 N–H and O–H groups in total. The minimum atomic E-state index is -0.235. The second-order valence-electron chi connectivity index (χ2n) is 4.90. The van der Waals surface area contributed by atoms with Gasteiger partial charge in [-0.1, -0.05) is 12.1 Å². The lowest BCUT2D eigenvalue weighted by Gasteiger charge is -2.00. The molecule has 156 valence electrons. The number of hydrogen-bond acceptors (Lipinski definition) is 8. The van der Waals surface area contributed by atoms with Gasteiger partial charge in [0.15, 0.2) is 33.2 Å². The number of hydrogen-bond donors (Lipinski definition) is 8. The van der Waals surface area contributed by atoms with Crippen LogP contribution in [0.5, 0.6) is 23.0 Å². The van der Waals surface area contributed by atoms with Crippen molar-refractivity contribution in [1.82, 2.24) is 10.9 Å². The maximum atomic E-state index is 9.33. The van der Waals surface area contributed by atoms with Gasteiger partial charge < -0.3 is 37.4 Å². The third-order valence-electron chi connectivity index (χ3n) is 2.85. The van der Waals surface area contributed by atoms with Gasteiger partial charge in [-0.3, -0.25) is 10.9 Å². The van der Waals surface area contributed by atoms with Gasteiger partial charge in [0.1, 0.15) is 0 Å². The molecule has 2 aromatic rings. The number of thiocarbonyl (C=S) groups is 2. The van der Waals surface area contributed by atoms with Crippen molar-refractivity contribution in [3.05, 3.63) is 47.5 Å². The smallest absolute Gasteiger partial charge is 0.184 e. The molecule has 2 aromatic carbocycles. The molecule has 0 aromatic heterocycles. The molecule has 0 saturated carbocycles. The number of phenols is 4. The number of nitrogens with one attached hydrogen (secondary N) is 2. The molecule has 0 radical (unpaired) electrons. The summed E-state index contributed by atoms with van der Waals surface area (Å²) in [5.74, 6) is -0.879. The van der Waals surface area contributed by atoms with E-state index in [9.17, 15) is 10.2 Å². The summed E-state index contributed by atoms with van der Waals surface area (Å²) in [5, 5.41) is 44.2. The zero-order valence-corrected chi connectivity index (χ0v) is 16.4. The predicted molar refractivity (Wildman–Crippen MR) is 118 cm³/mol. The number of rotatable bonds is 4. The van der Waals surface area contributed by atoms with Crippen LogP contribution in [0.2, 0.25) is 0 Å². The number of nitrogens with zero attached hydrogens (tertiary/aromatic N) is 2. The first-order valence-corrected chi connectivity index (χ1v) is 8.23. The van der Waals surface area contributed by atoms with Crippen molar-refractivity contribution < 1.29 is 25.9 Å². The van der Waals surface area contributed by atoms with Gasteiger partial charge in [0.05, 0.1) is 12.4 Å². The van der Waals surface area contributed by atoms with Crippen LogP contribution in [0, 0.1) is 0 Å². The van der Waals surface area contributed by atoms with E-state index in [2.05, 4.69) is 45.5 Å². The largest absolute Gasteiger partial charge is 0.504 e. The van der Waals surface area contributed by atoms with Crippen LogP contribution >= 0.6 is 24.4 Å². The van der Waals surface area contributed by atoms with Gasteiger partial charge in [-0.25, -0.2) is 0 Å². The van der Waals surface area contributed by atoms with E-state index in [0.29, 0.717) is 11.1 Å². The molecule has 0 amide bonds. The summed E-state index contributed by atoms with van der Waals surface area (Å²) in [6, 6.07) is 9.06. The van der Waals surface area contributed by atoms with E-state index in [1.54, 1.807) is 24.3 Å². The van der Waals surface area contributed by atoms with Crippen molar-refractivity contribution in [2.24, 2.45) is 21.7 Å². The molecule has 0 atom stereocenters. The van der Waals surface area contributed by atoms with Crippen molar-refractivity contribution >= 4 is 47.1 Å². The highest BCUT2D eigenvalue weighted by Gasteiger charge is 2.03. The topological polar surface area (TPSA) is 213 Å². The Morgan fingerprint density at radius 2 is 1.10 bits per heavy atom. The zero-order chi connectivity index (χ0) is 21.1. The van der Waals surface area contributed by atoms with Crippen molar-refractivity contribution in [2.45, 2.75) is 0 Å². The van der Waals surface area contributed by atoms with Crippen LogP contribution < -0.4 is 22.3 Å². The molecule has 0 bridgehead atoms. The summed E-state index contributed by atoms with van der Waals surface area (Å²) < 4.78 is 0. The Morgan fingerprint density at radius 3 is 1.41 bits per heavy atom. The molecule has 2 rings (SSSR count). The summed E-state index contributed by atoms with van der Waals surface area (Å²) in [6.07, 6.45) is 2.60. The maximum absolute atomic E-state index is 9.33. The number of phenolic OH excluding ortho intramolecular Hbond substituents is 4. The lowest BCUT2D eigenvalue weighted by molar-refractivity contribution is 0.403. The fourth-order valence-corrected chi connectivity index (χ4v) is 1.74. The van der Waals surface area contributed by atoms with E-state index in [-0.39, 0.29) is 38.7 Å². The minimum absolute atomic E-state index is 0. The molecule has 0 aliphatic carbocycles. The monoisotopic (exact) mass is 440 g/mol. The van der Waals surface area contributed by atoms with Crippen LogP contribution in [0.15, 0.2) is 46.6 Å². The normalized spacial score (nSPS) is 9.93. The molecule has 0 saturated heterocycles. The first-order chi connectivity index (χ1) is 13.2. The lowest BCUT2D eigenvalue weighted by Crippen LogP contribution is -2.24. The molecule has 0 aliphatic heterocycles. The summed E-state index contributed by atoms with van der Waals surface area (Å²) in [7, 11) is 0. The van der Waals surface area contributed by atoms with Crippen molar-refractivity contribution in [2.75, 3.05) is 0 Å². The highest BCUT2D eigenvalue weighted by molar-refractivity contribution is 7.80. The van der Waals surface area contributed by atoms with E-state index in [0.717, 1.165) is 0 Å². The van der Waals surface area contributed by atoms with Crippen LogP contribution in [0.3, 0.4) is 0 Å². The molecule has 0 spiro atoms. The Morgan fingerprint density at radius 1 is 0.759 bits per heavy atom. The quantitative estimate of drug-likeness (QED) is 0.134. The van der Waals surface area contributed by atoms with E-state index >= 15 is 0 Å². The van der Waals surface area contributed by atoms with E-state index in [4.69, 9.17) is 21.7 Å². The Balaban J connectivity index is 0.000000523. The minimum Gasteiger partial charge on any atom is -0.504 e. The lowest BCUT2D eigenvalue weighted by atomic mass is 10.2. The molecule has 0 unspecified atom stereocenters. The summed E-state index contributed by atoms with van der Waals surface area (Å²) in [4.78, 5) is 0. The van der Waals surface area contributed by atoms with E-state index in [1.807, 2.05) is 0 Å². The van der Waals surface area contributed by atoms with Gasteiger partial charge in [-0.15, -0.1) is 0 Å². The van der Waals surface area contributed by atoms with Gasteiger partial charge in [0.25, 0.3) is 0 Å². The average molecular weight is 441 g/mol. The number of nitrogens with two attached hydrogens (primary N) is 2. The molecular formula is C16H20N6O5S2. The highest BCUT2D eigenvalue weighted by atomic mass is 32.1. The van der Waals surface area contributed by atoms with Crippen LogP contribution in [0.4, 0.5) is 0 Å². The van der Waals surface area contributed by atoms with E-state index in [1.165, 1.54) is 24.6 Å². The molecule has 11 nitrogen and oxygen atoms in total. The third kappa shape index (κ3) is 9.18.